The van der Waals surface area contributed by atoms with E-state index >= 15 is 0 Å². The predicted molar refractivity (Wildman–Crippen MR) is 115 cm³/mol. The topological polar surface area (TPSA) is 104 Å². The number of sulfonamides is 1. The second kappa shape index (κ2) is 10.2. The minimum absolute atomic E-state index is 0.146. The Morgan fingerprint density at radius 3 is 2.33 bits per heavy atom. The number of carbonyl (C=O) groups is 3. The molecule has 1 aromatic rings. The number of nitrogens with one attached hydrogen (secondary N) is 1. The molecule has 0 bridgehead atoms. The summed E-state index contributed by atoms with van der Waals surface area (Å²) in [5.41, 5.74) is 0.696. The van der Waals surface area contributed by atoms with Crippen LogP contribution >= 0.6 is 11.8 Å². The quantitative estimate of drug-likeness (QED) is 0.637. The van der Waals surface area contributed by atoms with E-state index in [1.807, 2.05) is 0 Å². The van der Waals surface area contributed by atoms with E-state index in [4.69, 9.17) is 0 Å². The summed E-state index contributed by atoms with van der Waals surface area (Å²) in [7, 11) is -3.49. The summed E-state index contributed by atoms with van der Waals surface area (Å²) in [5.74, 6) is -0.455. The number of rotatable bonds is 7. The zero-order valence-corrected chi connectivity index (χ0v) is 18.2. The van der Waals surface area contributed by atoms with Gasteiger partial charge in [-0.15, -0.1) is 0 Å². The van der Waals surface area contributed by atoms with Crippen molar-refractivity contribution in [3.8, 4) is 0 Å². The standard InChI is InChI=1S/C20H25N3O5S2/c24-18(21-11-14-23-19(25)15-29-20(23)26)10-7-16-5-8-17(9-6-16)30(27,28)22-12-3-1-2-4-13-22/h5-10H,1-4,11-15H2,(H,21,24). The van der Waals surface area contributed by atoms with Gasteiger partial charge in [0.05, 0.1) is 10.6 Å². The van der Waals surface area contributed by atoms with E-state index in [0.29, 0.717) is 18.7 Å². The third-order valence-corrected chi connectivity index (χ3v) is 7.76. The Kier molecular flexibility index (Phi) is 7.68. The molecule has 2 aliphatic rings. The zero-order valence-electron chi connectivity index (χ0n) is 16.6. The number of amides is 3. The van der Waals surface area contributed by atoms with E-state index in [9.17, 15) is 22.8 Å². The van der Waals surface area contributed by atoms with Crippen LogP contribution in [0, 0.1) is 0 Å². The maximum absolute atomic E-state index is 12.8. The van der Waals surface area contributed by atoms with Gasteiger partial charge in [-0.2, -0.15) is 4.31 Å². The molecule has 0 spiro atoms. The van der Waals surface area contributed by atoms with Gasteiger partial charge in [0.2, 0.25) is 21.8 Å². The normalized spacial score (nSPS) is 18.7. The molecule has 10 heteroatoms. The van der Waals surface area contributed by atoms with Crippen LogP contribution < -0.4 is 5.32 Å². The van der Waals surface area contributed by atoms with Crippen LogP contribution in [-0.4, -0.2) is 66.6 Å². The van der Waals surface area contributed by atoms with Crippen LogP contribution in [0.25, 0.3) is 6.08 Å². The molecule has 0 aromatic heterocycles. The van der Waals surface area contributed by atoms with Gasteiger partial charge in [-0.3, -0.25) is 19.3 Å². The number of carbonyl (C=O) groups excluding carboxylic acids is 3. The molecule has 2 saturated heterocycles. The largest absolute Gasteiger partial charge is 0.351 e. The molecule has 30 heavy (non-hydrogen) atoms. The van der Waals surface area contributed by atoms with Crippen molar-refractivity contribution in [2.24, 2.45) is 0 Å². The highest BCUT2D eigenvalue weighted by molar-refractivity contribution is 8.14. The third-order valence-electron chi connectivity index (χ3n) is 4.99. The summed E-state index contributed by atoms with van der Waals surface area (Å²) in [6.45, 7) is 1.43. The van der Waals surface area contributed by atoms with Gasteiger partial charge in [-0.25, -0.2) is 8.42 Å². The first kappa shape index (κ1) is 22.5. The zero-order chi connectivity index (χ0) is 21.6. The van der Waals surface area contributed by atoms with Crippen LogP contribution in [-0.2, 0) is 19.6 Å². The average Bonchev–Trinajstić information content (AvgIpc) is 2.94. The minimum atomic E-state index is -3.49. The fourth-order valence-corrected chi connectivity index (χ4v) is 5.57. The van der Waals surface area contributed by atoms with Crippen molar-refractivity contribution < 1.29 is 22.8 Å². The van der Waals surface area contributed by atoms with Crippen molar-refractivity contribution in [3.63, 3.8) is 0 Å². The van der Waals surface area contributed by atoms with E-state index in [1.165, 1.54) is 6.08 Å². The van der Waals surface area contributed by atoms with E-state index in [2.05, 4.69) is 5.32 Å². The predicted octanol–water partition coefficient (Wildman–Crippen LogP) is 2.08. The summed E-state index contributed by atoms with van der Waals surface area (Å²) >= 11 is 0.958. The van der Waals surface area contributed by atoms with Gasteiger partial charge in [0.15, 0.2) is 0 Å². The summed E-state index contributed by atoms with van der Waals surface area (Å²) in [6, 6.07) is 6.43. The maximum atomic E-state index is 12.8. The molecule has 0 unspecified atom stereocenters. The summed E-state index contributed by atoms with van der Waals surface area (Å²) < 4.78 is 27.1. The SMILES string of the molecule is O=C(C=Cc1ccc(S(=O)(=O)N2CCCCCC2)cc1)NCCN1C(=O)CSC1=O. The van der Waals surface area contributed by atoms with Gasteiger partial charge in [-0.05, 0) is 36.6 Å². The molecule has 1 N–H and O–H groups in total. The first-order chi connectivity index (χ1) is 14.4. The molecule has 3 amide bonds. The first-order valence-corrected chi connectivity index (χ1v) is 12.3. The van der Waals surface area contributed by atoms with Crippen LogP contribution in [0.4, 0.5) is 4.79 Å². The monoisotopic (exact) mass is 451 g/mol. The summed E-state index contributed by atoms with van der Waals surface area (Å²) in [6.07, 6.45) is 6.80. The van der Waals surface area contributed by atoms with Gasteiger partial charge in [0.25, 0.3) is 5.24 Å². The van der Waals surface area contributed by atoms with E-state index in [1.54, 1.807) is 34.6 Å². The fraction of sp³-hybridized carbons (Fsp3) is 0.450. The van der Waals surface area contributed by atoms with Gasteiger partial charge in [0, 0.05) is 32.3 Å². The van der Waals surface area contributed by atoms with Crippen molar-refractivity contribution in [3.05, 3.63) is 35.9 Å². The van der Waals surface area contributed by atoms with Crippen LogP contribution in [0.5, 0.6) is 0 Å². The van der Waals surface area contributed by atoms with E-state index in [-0.39, 0.29) is 40.8 Å². The Labute approximate surface area is 180 Å². The lowest BCUT2D eigenvalue weighted by Crippen LogP contribution is -2.37. The molecule has 162 valence electrons. The molecule has 2 heterocycles. The van der Waals surface area contributed by atoms with Crippen molar-refractivity contribution in [2.45, 2.75) is 30.6 Å². The number of benzene rings is 1. The van der Waals surface area contributed by atoms with Gasteiger partial charge in [0.1, 0.15) is 0 Å². The molecular weight excluding hydrogens is 426 g/mol. The Bertz CT molecular complexity index is 904. The van der Waals surface area contributed by atoms with Crippen LogP contribution in [0.2, 0.25) is 0 Å². The number of nitrogens with zero attached hydrogens (tertiary/aromatic N) is 2. The van der Waals surface area contributed by atoms with Crippen molar-refractivity contribution in [2.75, 3.05) is 31.9 Å². The third kappa shape index (κ3) is 5.71. The lowest BCUT2D eigenvalue weighted by atomic mass is 10.2. The minimum Gasteiger partial charge on any atom is -0.351 e. The van der Waals surface area contributed by atoms with Crippen molar-refractivity contribution in [1.82, 2.24) is 14.5 Å². The molecule has 0 radical (unpaired) electrons. The van der Waals surface area contributed by atoms with Crippen molar-refractivity contribution >= 4 is 44.9 Å². The lowest BCUT2D eigenvalue weighted by molar-refractivity contribution is -0.125. The molecule has 2 aliphatic heterocycles. The fourth-order valence-electron chi connectivity index (χ4n) is 3.30. The molecule has 0 saturated carbocycles. The maximum Gasteiger partial charge on any atom is 0.288 e. The van der Waals surface area contributed by atoms with E-state index in [0.717, 1.165) is 42.3 Å². The highest BCUT2D eigenvalue weighted by atomic mass is 32.2. The Hall–Kier alpha value is -2.17. The number of hydrogen-bond acceptors (Lipinski definition) is 6. The van der Waals surface area contributed by atoms with Crippen molar-refractivity contribution in [1.29, 1.82) is 0 Å². The van der Waals surface area contributed by atoms with Gasteiger partial charge < -0.3 is 5.32 Å². The highest BCUT2D eigenvalue weighted by Crippen LogP contribution is 2.21. The second-order valence-electron chi connectivity index (χ2n) is 7.11. The summed E-state index contributed by atoms with van der Waals surface area (Å²) in [4.78, 5) is 36.3. The second-order valence-corrected chi connectivity index (χ2v) is 9.98. The Morgan fingerprint density at radius 1 is 1.07 bits per heavy atom. The van der Waals surface area contributed by atoms with Crippen LogP contribution in [0.15, 0.2) is 35.2 Å². The smallest absolute Gasteiger partial charge is 0.288 e. The van der Waals surface area contributed by atoms with Crippen LogP contribution in [0.3, 0.4) is 0 Å². The van der Waals surface area contributed by atoms with Gasteiger partial charge >= 0.3 is 0 Å². The van der Waals surface area contributed by atoms with Gasteiger partial charge in [-0.1, -0.05) is 36.7 Å². The molecule has 2 fully saturated rings. The number of thioether (sulfide) groups is 1. The highest BCUT2D eigenvalue weighted by Gasteiger charge is 2.29. The molecule has 0 aliphatic carbocycles. The molecule has 0 atom stereocenters. The molecule has 8 nitrogen and oxygen atoms in total. The Morgan fingerprint density at radius 2 is 1.73 bits per heavy atom. The molecule has 1 aromatic carbocycles. The summed E-state index contributed by atoms with van der Waals surface area (Å²) in [5, 5.41) is 2.33. The van der Waals surface area contributed by atoms with Crippen LogP contribution in [0.1, 0.15) is 31.2 Å². The molecule has 3 rings (SSSR count). The number of imide groups is 1. The lowest BCUT2D eigenvalue weighted by Gasteiger charge is -2.19. The molecular formula is C20H25N3O5S2. The Balaban J connectivity index is 1.52. The van der Waals surface area contributed by atoms with E-state index < -0.39 is 10.0 Å². The first-order valence-electron chi connectivity index (χ1n) is 9.91. The average molecular weight is 452 g/mol. The number of hydrogen-bond donors (Lipinski definition) is 1.